The number of carboxylic acid groups (broad SMARTS) is 1. The summed E-state index contributed by atoms with van der Waals surface area (Å²) < 4.78 is 7.02. The molecule has 0 amide bonds. The Kier molecular flexibility index (Phi) is 4.08. The number of H-pyrrole nitrogens is 1. The number of carbonyl (C=O) groups is 1. The summed E-state index contributed by atoms with van der Waals surface area (Å²) in [7, 11) is 0. The predicted octanol–water partition coefficient (Wildman–Crippen LogP) is 2.76. The molecule has 2 aromatic carbocycles. The Morgan fingerprint density at radius 3 is 2.65 bits per heavy atom. The van der Waals surface area contributed by atoms with Crippen LogP contribution in [0.4, 0.5) is 0 Å². The van der Waals surface area contributed by atoms with Gasteiger partial charge in [-0.3, -0.25) is 4.57 Å². The van der Waals surface area contributed by atoms with Gasteiger partial charge in [0.25, 0.3) is 0 Å². The third kappa shape index (κ3) is 3.22. The Bertz CT molecular complexity index is 912. The molecule has 0 saturated heterocycles. The van der Waals surface area contributed by atoms with Gasteiger partial charge in [0.1, 0.15) is 12.4 Å². The molecular formula is C16H13ClN2O4. The highest BCUT2D eigenvalue weighted by Crippen LogP contribution is 2.16. The molecule has 23 heavy (non-hydrogen) atoms. The molecule has 0 radical (unpaired) electrons. The Balaban J connectivity index is 1.80. The quantitative estimate of drug-likeness (QED) is 0.752. The number of hydrogen-bond donors (Lipinski definition) is 2. The van der Waals surface area contributed by atoms with E-state index in [9.17, 15) is 9.59 Å². The maximum atomic E-state index is 12.0. The minimum absolute atomic E-state index is 0.129. The summed E-state index contributed by atoms with van der Waals surface area (Å²) in [6.07, 6.45) is 0. The van der Waals surface area contributed by atoms with Crippen LogP contribution in [0.1, 0.15) is 10.4 Å². The van der Waals surface area contributed by atoms with Crippen LogP contribution < -0.4 is 10.4 Å². The summed E-state index contributed by atoms with van der Waals surface area (Å²) in [4.78, 5) is 25.7. The first-order valence-electron chi connectivity index (χ1n) is 6.89. The maximum Gasteiger partial charge on any atom is 0.335 e. The zero-order valence-electron chi connectivity index (χ0n) is 12.0. The number of nitrogens with zero attached hydrogens (tertiary/aromatic N) is 1. The van der Waals surface area contributed by atoms with E-state index in [1.807, 2.05) is 0 Å². The van der Waals surface area contributed by atoms with Crippen LogP contribution in [0.15, 0.2) is 47.3 Å². The molecule has 1 heterocycles. The molecule has 6 nitrogen and oxygen atoms in total. The van der Waals surface area contributed by atoms with Gasteiger partial charge in [0.15, 0.2) is 0 Å². The number of halogens is 1. The Morgan fingerprint density at radius 1 is 1.22 bits per heavy atom. The monoisotopic (exact) mass is 332 g/mol. The van der Waals surface area contributed by atoms with E-state index < -0.39 is 5.97 Å². The third-order valence-corrected chi connectivity index (χ3v) is 3.67. The summed E-state index contributed by atoms with van der Waals surface area (Å²) in [5, 5.41) is 9.67. The molecule has 3 rings (SSSR count). The molecule has 0 fully saturated rings. The summed E-state index contributed by atoms with van der Waals surface area (Å²) in [6.45, 7) is 0.566. The van der Waals surface area contributed by atoms with Gasteiger partial charge in [-0.1, -0.05) is 11.6 Å². The van der Waals surface area contributed by atoms with Gasteiger partial charge in [-0.2, -0.15) is 0 Å². The number of hydrogen-bond acceptors (Lipinski definition) is 3. The van der Waals surface area contributed by atoms with Gasteiger partial charge in [0.05, 0.1) is 23.1 Å². The summed E-state index contributed by atoms with van der Waals surface area (Å²) >= 11 is 5.80. The highest BCUT2D eigenvalue weighted by atomic mass is 35.5. The van der Waals surface area contributed by atoms with Crippen LogP contribution in [0.3, 0.4) is 0 Å². The largest absolute Gasteiger partial charge is 0.492 e. The van der Waals surface area contributed by atoms with Crippen LogP contribution >= 0.6 is 11.6 Å². The summed E-state index contributed by atoms with van der Waals surface area (Å²) in [5.74, 6) is -0.391. The Morgan fingerprint density at radius 2 is 1.96 bits per heavy atom. The first kappa shape index (κ1) is 15.2. The third-order valence-electron chi connectivity index (χ3n) is 3.42. The lowest BCUT2D eigenvalue weighted by Crippen LogP contribution is -2.20. The number of benzene rings is 2. The summed E-state index contributed by atoms with van der Waals surface area (Å²) in [5.41, 5.74) is 0.951. The number of fused-ring (bicyclic) bond motifs is 1. The topological polar surface area (TPSA) is 84.3 Å². The number of imidazole rings is 1. The number of carboxylic acids is 1. The molecule has 0 aliphatic rings. The molecule has 0 aliphatic heterocycles. The summed E-state index contributed by atoms with van der Waals surface area (Å²) in [6, 6.07) is 11.4. The van der Waals surface area contributed by atoms with Gasteiger partial charge in [0.2, 0.25) is 0 Å². The van der Waals surface area contributed by atoms with Crippen molar-refractivity contribution in [1.29, 1.82) is 0 Å². The van der Waals surface area contributed by atoms with Crippen molar-refractivity contribution in [2.24, 2.45) is 0 Å². The zero-order valence-corrected chi connectivity index (χ0v) is 12.7. The van der Waals surface area contributed by atoms with Crippen molar-refractivity contribution >= 4 is 28.6 Å². The van der Waals surface area contributed by atoms with E-state index in [1.165, 1.54) is 16.7 Å². The highest BCUT2D eigenvalue weighted by molar-refractivity contribution is 6.30. The average Bonchev–Trinajstić information content (AvgIpc) is 2.84. The van der Waals surface area contributed by atoms with E-state index >= 15 is 0 Å². The minimum Gasteiger partial charge on any atom is -0.492 e. The molecule has 1 aromatic heterocycles. The molecule has 2 N–H and O–H groups in total. The average molecular weight is 333 g/mol. The van der Waals surface area contributed by atoms with Gasteiger partial charge >= 0.3 is 11.7 Å². The molecule has 0 atom stereocenters. The van der Waals surface area contributed by atoms with Crippen molar-refractivity contribution < 1.29 is 14.6 Å². The van der Waals surface area contributed by atoms with Gasteiger partial charge in [0, 0.05) is 5.02 Å². The fraction of sp³-hybridized carbons (Fsp3) is 0.125. The van der Waals surface area contributed by atoms with Crippen LogP contribution in [0.2, 0.25) is 5.02 Å². The lowest BCUT2D eigenvalue weighted by Gasteiger charge is -2.07. The number of aromatic amines is 1. The Labute approximate surface area is 135 Å². The van der Waals surface area contributed by atoms with E-state index in [4.69, 9.17) is 21.4 Å². The minimum atomic E-state index is -1.04. The van der Waals surface area contributed by atoms with Crippen molar-refractivity contribution in [1.82, 2.24) is 9.55 Å². The highest BCUT2D eigenvalue weighted by Gasteiger charge is 2.10. The number of nitrogens with one attached hydrogen (secondary N) is 1. The first-order valence-corrected chi connectivity index (χ1v) is 7.26. The molecule has 0 spiro atoms. The fourth-order valence-corrected chi connectivity index (χ4v) is 2.42. The number of aromatic nitrogens is 2. The molecule has 118 valence electrons. The van der Waals surface area contributed by atoms with E-state index in [0.29, 0.717) is 28.4 Å². The van der Waals surface area contributed by atoms with Crippen LogP contribution in [0.5, 0.6) is 5.75 Å². The smallest absolute Gasteiger partial charge is 0.335 e. The molecular weight excluding hydrogens is 320 g/mol. The van der Waals surface area contributed by atoms with Gasteiger partial charge < -0.3 is 14.8 Å². The lowest BCUT2D eigenvalue weighted by molar-refractivity contribution is 0.0697. The second-order valence-corrected chi connectivity index (χ2v) is 5.36. The molecule has 7 heteroatoms. The van der Waals surface area contributed by atoms with E-state index in [2.05, 4.69) is 4.98 Å². The maximum absolute atomic E-state index is 12.0. The van der Waals surface area contributed by atoms with Crippen LogP contribution in [0, 0.1) is 0 Å². The molecule has 0 bridgehead atoms. The fourth-order valence-electron chi connectivity index (χ4n) is 2.29. The SMILES string of the molecule is O=C(O)c1ccc2[nH]c(=O)n(CCOc3ccc(Cl)cc3)c2c1. The number of ether oxygens (including phenoxy) is 1. The molecule has 0 aliphatic carbocycles. The lowest BCUT2D eigenvalue weighted by atomic mass is 10.2. The second kappa shape index (κ2) is 6.18. The normalized spacial score (nSPS) is 10.8. The zero-order chi connectivity index (χ0) is 16.4. The van der Waals surface area contributed by atoms with E-state index in [0.717, 1.165) is 0 Å². The Hall–Kier alpha value is -2.73. The molecule has 0 unspecified atom stereocenters. The standard InChI is InChI=1S/C16H13ClN2O4/c17-11-2-4-12(5-3-11)23-8-7-19-14-9-10(15(20)21)1-6-13(14)18-16(19)22/h1-6,9H,7-8H2,(H,18,22)(H,20,21). The van der Waals surface area contributed by atoms with Gasteiger partial charge in [-0.05, 0) is 42.5 Å². The van der Waals surface area contributed by atoms with Crippen molar-refractivity contribution in [3.8, 4) is 5.75 Å². The van der Waals surface area contributed by atoms with Gasteiger partial charge in [-0.15, -0.1) is 0 Å². The number of rotatable bonds is 5. The van der Waals surface area contributed by atoms with Crippen molar-refractivity contribution in [2.45, 2.75) is 6.54 Å². The van der Waals surface area contributed by atoms with Gasteiger partial charge in [-0.25, -0.2) is 9.59 Å². The van der Waals surface area contributed by atoms with Crippen LogP contribution in [-0.2, 0) is 6.54 Å². The van der Waals surface area contributed by atoms with E-state index in [1.54, 1.807) is 30.3 Å². The molecule has 3 aromatic rings. The number of aromatic carboxylic acids is 1. The van der Waals surface area contributed by atoms with Crippen molar-refractivity contribution in [3.05, 3.63) is 63.5 Å². The van der Waals surface area contributed by atoms with E-state index in [-0.39, 0.29) is 17.9 Å². The first-order chi connectivity index (χ1) is 11.0. The molecule has 0 saturated carbocycles. The van der Waals surface area contributed by atoms with Crippen LogP contribution in [0.25, 0.3) is 11.0 Å². The van der Waals surface area contributed by atoms with Crippen LogP contribution in [-0.4, -0.2) is 27.2 Å². The predicted molar refractivity (Wildman–Crippen MR) is 86.5 cm³/mol. The second-order valence-electron chi connectivity index (χ2n) is 4.92. The van der Waals surface area contributed by atoms with Crippen molar-refractivity contribution in [2.75, 3.05) is 6.61 Å². The van der Waals surface area contributed by atoms with Crippen molar-refractivity contribution in [3.63, 3.8) is 0 Å².